The fraction of sp³-hybridized carbons (Fsp3) is 0. The van der Waals surface area contributed by atoms with Gasteiger partial charge in [0.05, 0.1) is 0 Å². The molecule has 0 unspecified atom stereocenters. The molecule has 0 N–H and O–H groups in total. The van der Waals surface area contributed by atoms with Crippen LogP contribution in [-0.4, -0.2) is 0 Å². The van der Waals surface area contributed by atoms with E-state index in [2.05, 4.69) is 205 Å². The Morgan fingerprint density at radius 3 is 1.54 bits per heavy atom. The Balaban J connectivity index is 1.06. The molecule has 0 saturated heterocycles. The lowest BCUT2D eigenvalue weighted by Gasteiger charge is -2.26. The summed E-state index contributed by atoms with van der Waals surface area (Å²) in [6.45, 7) is 0. The summed E-state index contributed by atoms with van der Waals surface area (Å²) in [4.78, 5) is 2.38. The number of thiophene rings is 1. The van der Waals surface area contributed by atoms with Crippen molar-refractivity contribution >= 4 is 70.1 Å². The van der Waals surface area contributed by atoms with Crippen molar-refractivity contribution < 1.29 is 0 Å². The van der Waals surface area contributed by atoms with Crippen LogP contribution in [0, 0.1) is 0 Å². The lowest BCUT2D eigenvalue weighted by molar-refractivity contribution is 1.29. The van der Waals surface area contributed by atoms with E-state index in [9.17, 15) is 0 Å². The highest BCUT2D eigenvalue weighted by molar-refractivity contribution is 7.25. The van der Waals surface area contributed by atoms with E-state index in [1.165, 1.54) is 75.1 Å². The van der Waals surface area contributed by atoms with Crippen LogP contribution < -0.4 is 4.90 Å². The molecule has 0 amide bonds. The second kappa shape index (κ2) is 12.7. The number of nitrogens with zero attached hydrogens (tertiary/aromatic N) is 1. The van der Waals surface area contributed by atoms with Gasteiger partial charge in [-0.2, -0.15) is 0 Å². The van der Waals surface area contributed by atoms with E-state index in [1.807, 2.05) is 11.3 Å². The molecule has 0 saturated carbocycles. The molecule has 52 heavy (non-hydrogen) atoms. The molecule has 0 bridgehead atoms. The zero-order valence-electron chi connectivity index (χ0n) is 28.4. The van der Waals surface area contributed by atoms with Crippen LogP contribution in [0.15, 0.2) is 200 Å². The predicted molar refractivity (Wildman–Crippen MR) is 225 cm³/mol. The van der Waals surface area contributed by atoms with Crippen molar-refractivity contribution in [3.63, 3.8) is 0 Å². The summed E-state index contributed by atoms with van der Waals surface area (Å²) in [5, 5.41) is 7.64. The zero-order chi connectivity index (χ0) is 34.4. The molecular weight excluding hydrogens is 647 g/mol. The molecule has 10 rings (SSSR count). The first-order chi connectivity index (χ1) is 25.8. The molecule has 0 aliphatic rings. The Morgan fingerprint density at radius 1 is 0.288 bits per heavy atom. The van der Waals surface area contributed by atoms with E-state index in [1.54, 1.807) is 0 Å². The van der Waals surface area contributed by atoms with Gasteiger partial charge in [-0.1, -0.05) is 152 Å². The van der Waals surface area contributed by atoms with Gasteiger partial charge in [-0.3, -0.25) is 0 Å². The fourth-order valence-corrected chi connectivity index (χ4v) is 8.84. The first-order valence-corrected chi connectivity index (χ1v) is 18.6. The first-order valence-electron chi connectivity index (χ1n) is 17.8. The number of benzene rings is 9. The molecule has 244 valence electrons. The van der Waals surface area contributed by atoms with Crippen LogP contribution in [0.3, 0.4) is 0 Å². The lowest BCUT2D eigenvalue weighted by Crippen LogP contribution is -2.09. The molecule has 0 radical (unpaired) electrons. The van der Waals surface area contributed by atoms with Crippen molar-refractivity contribution in [2.24, 2.45) is 0 Å². The Kier molecular flexibility index (Phi) is 7.41. The van der Waals surface area contributed by atoms with Crippen LogP contribution >= 0.6 is 11.3 Å². The summed E-state index contributed by atoms with van der Waals surface area (Å²) in [6, 6.07) is 72.9. The quantitative estimate of drug-likeness (QED) is 0.169. The van der Waals surface area contributed by atoms with Crippen molar-refractivity contribution in [2.75, 3.05) is 4.90 Å². The molecule has 0 fully saturated rings. The Hall–Kier alpha value is -6.48. The summed E-state index contributed by atoms with van der Waals surface area (Å²) < 4.78 is 2.61. The second-order valence-electron chi connectivity index (χ2n) is 13.3. The number of hydrogen-bond acceptors (Lipinski definition) is 2. The standard InChI is InChI=1S/C50H33NS/c1-2-10-34(11-3-1)38-24-30-46-39(32-38)14-9-18-45(46)37-22-27-41(28-23-37)51(42-29-31-48-47-16-6-7-19-49(47)52-50(48)33-42)40-25-20-36(21-26-40)44-17-8-13-35-12-4-5-15-43(35)44/h1-33H. The van der Waals surface area contributed by atoms with Gasteiger partial charge in [0.25, 0.3) is 0 Å². The van der Waals surface area contributed by atoms with Gasteiger partial charge >= 0.3 is 0 Å². The third-order valence-corrected chi connectivity index (χ3v) is 11.4. The van der Waals surface area contributed by atoms with E-state index in [0.717, 1.165) is 17.1 Å². The minimum atomic E-state index is 1.12. The Morgan fingerprint density at radius 2 is 0.808 bits per heavy atom. The summed E-state index contributed by atoms with van der Waals surface area (Å²) in [7, 11) is 0. The molecule has 1 heterocycles. The Bertz CT molecular complexity index is 2880. The number of hydrogen-bond donors (Lipinski definition) is 0. The van der Waals surface area contributed by atoms with Crippen molar-refractivity contribution in [3.05, 3.63) is 200 Å². The van der Waals surface area contributed by atoms with Gasteiger partial charge in [-0.05, 0) is 103 Å². The maximum absolute atomic E-state index is 2.38. The van der Waals surface area contributed by atoms with Gasteiger partial charge in [0.15, 0.2) is 0 Å². The highest BCUT2D eigenvalue weighted by atomic mass is 32.1. The average molecular weight is 680 g/mol. The van der Waals surface area contributed by atoms with Crippen molar-refractivity contribution in [3.8, 4) is 33.4 Å². The number of fused-ring (bicyclic) bond motifs is 5. The maximum atomic E-state index is 2.38. The fourth-order valence-electron chi connectivity index (χ4n) is 7.70. The van der Waals surface area contributed by atoms with E-state index in [-0.39, 0.29) is 0 Å². The monoisotopic (exact) mass is 679 g/mol. The van der Waals surface area contributed by atoms with E-state index in [0.29, 0.717) is 0 Å². The van der Waals surface area contributed by atoms with Crippen LogP contribution in [0.2, 0.25) is 0 Å². The van der Waals surface area contributed by atoms with Crippen molar-refractivity contribution in [1.82, 2.24) is 0 Å². The molecule has 0 atom stereocenters. The van der Waals surface area contributed by atoms with Gasteiger partial charge < -0.3 is 4.90 Å². The highest BCUT2D eigenvalue weighted by Gasteiger charge is 2.16. The minimum absolute atomic E-state index is 1.12. The molecule has 0 aliphatic carbocycles. The molecule has 0 spiro atoms. The van der Waals surface area contributed by atoms with Crippen molar-refractivity contribution in [2.45, 2.75) is 0 Å². The summed E-state index contributed by atoms with van der Waals surface area (Å²) in [5.74, 6) is 0. The summed E-state index contributed by atoms with van der Waals surface area (Å²) in [6.07, 6.45) is 0. The topological polar surface area (TPSA) is 3.24 Å². The first kappa shape index (κ1) is 30.4. The SMILES string of the molecule is c1ccc(-c2ccc3c(-c4ccc(N(c5ccc(-c6cccc7ccccc67)cc5)c5ccc6c(c5)sc5ccccc56)cc4)cccc3c2)cc1. The van der Waals surface area contributed by atoms with Crippen LogP contribution in [0.5, 0.6) is 0 Å². The Labute approximate surface area is 307 Å². The summed E-state index contributed by atoms with van der Waals surface area (Å²) >= 11 is 1.86. The third-order valence-electron chi connectivity index (χ3n) is 10.3. The largest absolute Gasteiger partial charge is 0.310 e. The van der Waals surface area contributed by atoms with Crippen LogP contribution in [0.1, 0.15) is 0 Å². The van der Waals surface area contributed by atoms with Crippen LogP contribution in [0.4, 0.5) is 17.1 Å². The minimum Gasteiger partial charge on any atom is -0.310 e. The molecule has 1 aromatic heterocycles. The second-order valence-corrected chi connectivity index (χ2v) is 14.4. The van der Waals surface area contributed by atoms with Gasteiger partial charge in [0.2, 0.25) is 0 Å². The maximum Gasteiger partial charge on any atom is 0.0476 e. The third kappa shape index (κ3) is 5.33. The van der Waals surface area contributed by atoms with Gasteiger partial charge in [0, 0.05) is 37.2 Å². The normalized spacial score (nSPS) is 11.5. The zero-order valence-corrected chi connectivity index (χ0v) is 29.2. The van der Waals surface area contributed by atoms with E-state index < -0.39 is 0 Å². The van der Waals surface area contributed by atoms with Crippen LogP contribution in [-0.2, 0) is 0 Å². The molecule has 2 heteroatoms. The molecule has 9 aromatic carbocycles. The predicted octanol–water partition coefficient (Wildman–Crippen LogP) is 14.8. The number of rotatable bonds is 6. The van der Waals surface area contributed by atoms with Gasteiger partial charge in [-0.15, -0.1) is 11.3 Å². The molecule has 0 aliphatic heterocycles. The smallest absolute Gasteiger partial charge is 0.0476 e. The summed E-state index contributed by atoms with van der Waals surface area (Å²) in [5.41, 5.74) is 10.7. The number of anilines is 3. The molecule has 10 aromatic rings. The molecule has 1 nitrogen and oxygen atoms in total. The van der Waals surface area contributed by atoms with Gasteiger partial charge in [0.1, 0.15) is 0 Å². The van der Waals surface area contributed by atoms with Gasteiger partial charge in [-0.25, -0.2) is 0 Å². The van der Waals surface area contributed by atoms with Crippen LogP contribution in [0.25, 0.3) is 75.1 Å². The highest BCUT2D eigenvalue weighted by Crippen LogP contribution is 2.42. The molecular formula is C50H33NS. The van der Waals surface area contributed by atoms with Crippen molar-refractivity contribution in [1.29, 1.82) is 0 Å². The van der Waals surface area contributed by atoms with E-state index >= 15 is 0 Å². The average Bonchev–Trinajstić information content (AvgIpc) is 3.59. The lowest BCUT2D eigenvalue weighted by atomic mass is 9.95. The van der Waals surface area contributed by atoms with E-state index in [4.69, 9.17) is 0 Å².